The van der Waals surface area contributed by atoms with Gasteiger partial charge in [0.15, 0.2) is 5.60 Å². The van der Waals surface area contributed by atoms with E-state index in [0.29, 0.717) is 0 Å². The van der Waals surface area contributed by atoms with Crippen molar-refractivity contribution in [1.29, 1.82) is 0 Å². The average molecular weight is 464 g/mol. The predicted octanol–water partition coefficient (Wildman–Crippen LogP) is 2.38. The molecule has 33 heavy (non-hydrogen) atoms. The van der Waals surface area contributed by atoms with Gasteiger partial charge in [0.2, 0.25) is 0 Å². The molecule has 6 N–H and O–H groups in total. The molecule has 10 nitrogen and oxygen atoms in total. The summed E-state index contributed by atoms with van der Waals surface area (Å²) < 4.78 is 5.15. The van der Waals surface area contributed by atoms with Crippen molar-refractivity contribution in [3.63, 3.8) is 0 Å². The summed E-state index contributed by atoms with van der Waals surface area (Å²) in [6, 6.07) is 14.5. The van der Waals surface area contributed by atoms with Crippen LogP contribution in [-0.2, 0) is 14.4 Å². The minimum Gasteiger partial charge on any atom is -0.508 e. The standard InChI is InChI=1S/C17H20O3.C6H8O7/c1-3-16(12-6-10-15(20-2)11-7-12)17(19)13-4-8-14(18)9-5-13;7-3(8)1-6(13,5(11)12)2-4(9)10/h4-11,16-19H,3H2,1-2H3;13H,1-2H2,(H,7,8)(H,9,10)(H,11,12). The van der Waals surface area contributed by atoms with Crippen molar-refractivity contribution >= 4 is 17.9 Å². The van der Waals surface area contributed by atoms with Gasteiger partial charge < -0.3 is 35.4 Å². The summed E-state index contributed by atoms with van der Waals surface area (Å²) in [5.41, 5.74) is -0.850. The van der Waals surface area contributed by atoms with E-state index in [1.54, 1.807) is 31.4 Å². The number of hydrogen-bond acceptors (Lipinski definition) is 7. The molecule has 2 atom stereocenters. The first-order chi connectivity index (χ1) is 15.4. The fourth-order valence-corrected chi connectivity index (χ4v) is 3.11. The van der Waals surface area contributed by atoms with Crippen LogP contribution in [0, 0.1) is 0 Å². The summed E-state index contributed by atoms with van der Waals surface area (Å²) in [5, 5.41) is 53.7. The van der Waals surface area contributed by atoms with E-state index in [9.17, 15) is 24.6 Å². The Hall–Kier alpha value is -3.63. The Morgan fingerprint density at radius 2 is 1.33 bits per heavy atom. The smallest absolute Gasteiger partial charge is 0.336 e. The largest absolute Gasteiger partial charge is 0.508 e. The molecule has 0 aromatic heterocycles. The molecule has 0 aliphatic rings. The normalized spacial score (nSPS) is 12.6. The Morgan fingerprint density at radius 1 is 0.879 bits per heavy atom. The zero-order valence-corrected chi connectivity index (χ0v) is 18.2. The third-order valence-corrected chi connectivity index (χ3v) is 4.88. The average Bonchev–Trinajstić information content (AvgIpc) is 2.74. The van der Waals surface area contributed by atoms with Gasteiger partial charge in [-0.15, -0.1) is 0 Å². The number of phenols is 1. The zero-order chi connectivity index (χ0) is 25.2. The highest BCUT2D eigenvalue weighted by Gasteiger charge is 2.40. The monoisotopic (exact) mass is 464 g/mol. The Kier molecular flexibility index (Phi) is 10.3. The molecule has 2 aromatic carbocycles. The maximum absolute atomic E-state index is 10.5. The van der Waals surface area contributed by atoms with Crippen LogP contribution in [0.2, 0.25) is 0 Å². The van der Waals surface area contributed by atoms with Crippen molar-refractivity contribution in [3.05, 3.63) is 59.7 Å². The summed E-state index contributed by atoms with van der Waals surface area (Å²) in [6.07, 6.45) is -2.05. The highest BCUT2D eigenvalue weighted by molar-refractivity contribution is 5.88. The van der Waals surface area contributed by atoms with E-state index in [1.807, 2.05) is 24.3 Å². The third-order valence-electron chi connectivity index (χ3n) is 4.88. The molecule has 0 aliphatic carbocycles. The van der Waals surface area contributed by atoms with Gasteiger partial charge in [-0.05, 0) is 41.8 Å². The topological polar surface area (TPSA) is 182 Å². The van der Waals surface area contributed by atoms with Crippen LogP contribution < -0.4 is 4.74 Å². The van der Waals surface area contributed by atoms with Gasteiger partial charge in [-0.25, -0.2) is 4.79 Å². The van der Waals surface area contributed by atoms with Gasteiger partial charge in [-0.1, -0.05) is 31.2 Å². The lowest BCUT2D eigenvalue weighted by Crippen LogP contribution is -2.42. The number of ether oxygens (including phenoxy) is 1. The quantitative estimate of drug-likeness (QED) is 0.305. The molecule has 0 bridgehead atoms. The van der Waals surface area contributed by atoms with Crippen LogP contribution in [0.3, 0.4) is 0 Å². The zero-order valence-electron chi connectivity index (χ0n) is 18.2. The van der Waals surface area contributed by atoms with Gasteiger partial charge in [-0.2, -0.15) is 0 Å². The van der Waals surface area contributed by atoms with Crippen molar-refractivity contribution in [3.8, 4) is 11.5 Å². The van der Waals surface area contributed by atoms with Crippen LogP contribution in [0.25, 0.3) is 0 Å². The van der Waals surface area contributed by atoms with E-state index in [1.165, 1.54) is 0 Å². The number of carboxylic acids is 3. The van der Waals surface area contributed by atoms with Crippen LogP contribution in [0.4, 0.5) is 0 Å². The molecule has 2 rings (SSSR count). The molecule has 0 amide bonds. The number of phenolic OH excluding ortho intramolecular Hbond substituents is 1. The molecule has 10 heteroatoms. The fraction of sp³-hybridized carbons (Fsp3) is 0.348. The number of aromatic hydroxyl groups is 1. The van der Waals surface area contributed by atoms with Crippen LogP contribution >= 0.6 is 0 Å². The van der Waals surface area contributed by atoms with Crippen LogP contribution in [0.5, 0.6) is 11.5 Å². The first kappa shape index (κ1) is 27.4. The van der Waals surface area contributed by atoms with Crippen molar-refractivity contribution < 1.29 is 49.8 Å². The lowest BCUT2D eigenvalue weighted by Gasteiger charge is -2.22. The third kappa shape index (κ3) is 8.43. The maximum Gasteiger partial charge on any atom is 0.336 e. The Morgan fingerprint density at radius 3 is 1.70 bits per heavy atom. The fourth-order valence-electron chi connectivity index (χ4n) is 3.11. The molecule has 0 spiro atoms. The van der Waals surface area contributed by atoms with Gasteiger partial charge in [0.25, 0.3) is 0 Å². The lowest BCUT2D eigenvalue weighted by molar-refractivity contribution is -0.170. The number of carbonyl (C=O) groups is 3. The van der Waals surface area contributed by atoms with Crippen molar-refractivity contribution in [1.82, 2.24) is 0 Å². The number of carboxylic acid groups (broad SMARTS) is 3. The SMILES string of the molecule is CCC(c1ccc(OC)cc1)C(O)c1ccc(O)cc1.O=C(O)CC(O)(CC(=O)O)C(=O)O. The number of aliphatic hydroxyl groups excluding tert-OH is 1. The second-order valence-corrected chi connectivity index (χ2v) is 7.30. The molecule has 2 unspecified atom stereocenters. The number of rotatable bonds is 10. The minimum absolute atomic E-state index is 0.0189. The number of aliphatic hydroxyl groups is 2. The molecule has 0 heterocycles. The first-order valence-electron chi connectivity index (χ1n) is 9.93. The lowest BCUT2D eigenvalue weighted by atomic mass is 9.87. The van der Waals surface area contributed by atoms with Crippen molar-refractivity contribution in [2.45, 2.75) is 43.8 Å². The highest BCUT2D eigenvalue weighted by atomic mass is 16.5. The Balaban J connectivity index is 0.000000366. The molecular weight excluding hydrogens is 436 g/mol. The van der Waals surface area contributed by atoms with Gasteiger partial charge in [0.05, 0.1) is 26.1 Å². The van der Waals surface area contributed by atoms with Crippen molar-refractivity contribution in [2.75, 3.05) is 7.11 Å². The summed E-state index contributed by atoms with van der Waals surface area (Å²) in [4.78, 5) is 30.5. The number of aliphatic carboxylic acids is 3. The molecule has 2 aromatic rings. The minimum atomic E-state index is -2.74. The summed E-state index contributed by atoms with van der Waals surface area (Å²) in [7, 11) is 1.64. The molecule has 0 radical (unpaired) electrons. The van der Waals surface area contributed by atoms with Crippen LogP contribution in [0.15, 0.2) is 48.5 Å². The van der Waals surface area contributed by atoms with E-state index in [2.05, 4.69) is 6.92 Å². The number of hydrogen-bond donors (Lipinski definition) is 6. The van der Waals surface area contributed by atoms with Crippen molar-refractivity contribution in [2.24, 2.45) is 0 Å². The van der Waals surface area contributed by atoms with E-state index in [4.69, 9.17) is 25.2 Å². The highest BCUT2D eigenvalue weighted by Crippen LogP contribution is 2.34. The van der Waals surface area contributed by atoms with Crippen LogP contribution in [-0.4, -0.2) is 61.3 Å². The van der Waals surface area contributed by atoms with E-state index >= 15 is 0 Å². The van der Waals surface area contributed by atoms with E-state index in [0.717, 1.165) is 23.3 Å². The van der Waals surface area contributed by atoms with Gasteiger partial charge in [0, 0.05) is 5.92 Å². The van der Waals surface area contributed by atoms with Gasteiger partial charge >= 0.3 is 17.9 Å². The molecule has 180 valence electrons. The molecule has 0 saturated carbocycles. The first-order valence-corrected chi connectivity index (χ1v) is 9.93. The van der Waals surface area contributed by atoms with Gasteiger partial charge in [0.1, 0.15) is 11.5 Å². The second-order valence-electron chi connectivity index (χ2n) is 7.30. The molecular formula is C23H28O10. The Labute approximate surface area is 190 Å². The maximum atomic E-state index is 10.5. The number of methoxy groups -OCH3 is 1. The molecule has 0 fully saturated rings. The summed E-state index contributed by atoms with van der Waals surface area (Å²) >= 11 is 0. The van der Waals surface area contributed by atoms with Gasteiger partial charge in [-0.3, -0.25) is 9.59 Å². The predicted molar refractivity (Wildman–Crippen MR) is 116 cm³/mol. The van der Waals surface area contributed by atoms with Crippen LogP contribution in [0.1, 0.15) is 49.3 Å². The van der Waals surface area contributed by atoms with E-state index in [-0.39, 0.29) is 11.7 Å². The molecule has 0 saturated heterocycles. The molecule has 0 aliphatic heterocycles. The summed E-state index contributed by atoms with van der Waals surface area (Å²) in [5.74, 6) is -3.98. The second kappa shape index (κ2) is 12.4. The number of benzene rings is 2. The summed E-state index contributed by atoms with van der Waals surface area (Å²) in [6.45, 7) is 2.05. The Bertz CT molecular complexity index is 905. The van der Waals surface area contributed by atoms with E-state index < -0.39 is 42.5 Å².